The summed E-state index contributed by atoms with van der Waals surface area (Å²) in [6.45, 7) is 3.99. The van der Waals surface area contributed by atoms with E-state index >= 15 is 0 Å². The molecule has 0 aromatic heterocycles. The van der Waals surface area contributed by atoms with Gasteiger partial charge in [-0.2, -0.15) is 5.26 Å². The standard InChI is InChI=1S/C19H16N2O2/c1-2-11-23-18-10-6-7-15(13-18)12-16(14-20)19(22)21-17-8-4-3-5-9-17/h2-10,12-13H,1,11H2,(H,21,22)/b16-12-. The molecule has 4 heteroatoms. The van der Waals surface area contributed by atoms with Crippen molar-refractivity contribution in [1.29, 1.82) is 5.26 Å². The number of hydrogen-bond acceptors (Lipinski definition) is 3. The Hall–Kier alpha value is -3.32. The van der Waals surface area contributed by atoms with Gasteiger partial charge < -0.3 is 10.1 Å². The van der Waals surface area contributed by atoms with E-state index in [2.05, 4.69) is 11.9 Å². The molecule has 2 aromatic rings. The van der Waals surface area contributed by atoms with Gasteiger partial charge in [-0.3, -0.25) is 4.79 Å². The van der Waals surface area contributed by atoms with E-state index < -0.39 is 5.91 Å². The molecule has 0 unspecified atom stereocenters. The van der Waals surface area contributed by atoms with Gasteiger partial charge in [0.05, 0.1) is 0 Å². The van der Waals surface area contributed by atoms with E-state index in [0.29, 0.717) is 23.6 Å². The van der Waals surface area contributed by atoms with Crippen LogP contribution in [0.5, 0.6) is 5.75 Å². The smallest absolute Gasteiger partial charge is 0.266 e. The van der Waals surface area contributed by atoms with Crippen molar-refractivity contribution in [3.05, 3.63) is 78.4 Å². The third kappa shape index (κ3) is 4.87. The number of para-hydroxylation sites is 1. The molecular weight excluding hydrogens is 288 g/mol. The highest BCUT2D eigenvalue weighted by atomic mass is 16.5. The van der Waals surface area contributed by atoms with Crippen molar-refractivity contribution in [3.63, 3.8) is 0 Å². The fourth-order valence-corrected chi connectivity index (χ4v) is 1.88. The number of rotatable bonds is 6. The van der Waals surface area contributed by atoms with E-state index in [1.54, 1.807) is 42.5 Å². The zero-order valence-electron chi connectivity index (χ0n) is 12.5. The van der Waals surface area contributed by atoms with Gasteiger partial charge in [-0.15, -0.1) is 0 Å². The molecule has 1 N–H and O–H groups in total. The van der Waals surface area contributed by atoms with E-state index in [1.165, 1.54) is 6.08 Å². The highest BCUT2D eigenvalue weighted by Crippen LogP contribution is 2.17. The fourth-order valence-electron chi connectivity index (χ4n) is 1.88. The monoisotopic (exact) mass is 304 g/mol. The normalized spacial score (nSPS) is 10.5. The summed E-state index contributed by atoms with van der Waals surface area (Å²) in [5.41, 5.74) is 1.38. The largest absolute Gasteiger partial charge is 0.490 e. The Morgan fingerprint density at radius 3 is 2.70 bits per heavy atom. The van der Waals surface area contributed by atoms with Crippen LogP contribution in [-0.4, -0.2) is 12.5 Å². The van der Waals surface area contributed by atoms with Gasteiger partial charge in [0, 0.05) is 5.69 Å². The summed E-state index contributed by atoms with van der Waals surface area (Å²) < 4.78 is 5.44. The topological polar surface area (TPSA) is 62.1 Å². The molecule has 0 aliphatic carbocycles. The molecule has 0 atom stereocenters. The lowest BCUT2D eigenvalue weighted by molar-refractivity contribution is -0.112. The molecule has 0 saturated heterocycles. The van der Waals surface area contributed by atoms with Gasteiger partial charge in [-0.05, 0) is 35.9 Å². The summed E-state index contributed by atoms with van der Waals surface area (Å²) in [6, 6.07) is 18.1. The summed E-state index contributed by atoms with van der Waals surface area (Å²) in [7, 11) is 0. The molecule has 0 heterocycles. The zero-order valence-corrected chi connectivity index (χ0v) is 12.5. The van der Waals surface area contributed by atoms with Gasteiger partial charge in [0.1, 0.15) is 24.0 Å². The number of nitrogens with one attached hydrogen (secondary N) is 1. The molecule has 23 heavy (non-hydrogen) atoms. The molecule has 0 spiro atoms. The lowest BCUT2D eigenvalue weighted by atomic mass is 10.1. The van der Waals surface area contributed by atoms with Crippen LogP contribution in [0.2, 0.25) is 0 Å². The van der Waals surface area contributed by atoms with Crippen molar-refractivity contribution < 1.29 is 9.53 Å². The van der Waals surface area contributed by atoms with E-state index in [9.17, 15) is 10.1 Å². The van der Waals surface area contributed by atoms with Crippen LogP contribution in [0.4, 0.5) is 5.69 Å². The fraction of sp³-hybridized carbons (Fsp3) is 0.0526. The SMILES string of the molecule is C=CCOc1cccc(/C=C(/C#N)C(=O)Nc2ccccc2)c1. The molecule has 0 bridgehead atoms. The number of nitrogens with zero attached hydrogens (tertiary/aromatic N) is 1. The van der Waals surface area contributed by atoms with Crippen molar-refractivity contribution in [3.8, 4) is 11.8 Å². The first kappa shape index (κ1) is 16.1. The summed E-state index contributed by atoms with van der Waals surface area (Å²) in [5.74, 6) is 0.204. The van der Waals surface area contributed by atoms with E-state index in [4.69, 9.17) is 4.74 Å². The Bertz CT molecular complexity index is 758. The highest BCUT2D eigenvalue weighted by Gasteiger charge is 2.09. The maximum atomic E-state index is 12.2. The molecule has 0 radical (unpaired) electrons. The number of hydrogen-bond donors (Lipinski definition) is 1. The number of amides is 1. The Kier molecular flexibility index (Phi) is 5.73. The molecule has 0 fully saturated rings. The van der Waals surface area contributed by atoms with Crippen LogP contribution in [0.15, 0.2) is 72.8 Å². The molecule has 0 aliphatic heterocycles. The first-order chi connectivity index (χ1) is 11.2. The van der Waals surface area contributed by atoms with Crippen LogP contribution < -0.4 is 10.1 Å². The minimum atomic E-state index is -0.448. The highest BCUT2D eigenvalue weighted by molar-refractivity contribution is 6.09. The number of benzene rings is 2. The van der Waals surface area contributed by atoms with Crippen molar-refractivity contribution in [2.24, 2.45) is 0 Å². The maximum absolute atomic E-state index is 12.2. The minimum absolute atomic E-state index is 0.0229. The van der Waals surface area contributed by atoms with Crippen LogP contribution in [0.25, 0.3) is 6.08 Å². The average molecular weight is 304 g/mol. The maximum Gasteiger partial charge on any atom is 0.266 e. The number of anilines is 1. The van der Waals surface area contributed by atoms with Crippen LogP contribution in [0, 0.1) is 11.3 Å². The molecule has 2 rings (SSSR count). The van der Waals surface area contributed by atoms with Crippen molar-refractivity contribution >= 4 is 17.7 Å². The van der Waals surface area contributed by atoms with Crippen LogP contribution in [0.3, 0.4) is 0 Å². The molecule has 1 amide bonds. The number of carbonyl (C=O) groups is 1. The molecule has 0 aliphatic rings. The van der Waals surface area contributed by atoms with Gasteiger partial charge in [0.15, 0.2) is 0 Å². The van der Waals surface area contributed by atoms with E-state index in [0.717, 1.165) is 0 Å². The molecule has 2 aromatic carbocycles. The van der Waals surface area contributed by atoms with Crippen LogP contribution in [0.1, 0.15) is 5.56 Å². The number of nitriles is 1. The van der Waals surface area contributed by atoms with Gasteiger partial charge in [0.25, 0.3) is 5.91 Å². The predicted molar refractivity (Wildman–Crippen MR) is 90.8 cm³/mol. The second-order valence-electron chi connectivity index (χ2n) is 4.66. The third-order valence-corrected chi connectivity index (χ3v) is 2.93. The second-order valence-corrected chi connectivity index (χ2v) is 4.66. The lowest BCUT2D eigenvalue weighted by Gasteiger charge is -2.05. The average Bonchev–Trinajstić information content (AvgIpc) is 2.59. The second kappa shape index (κ2) is 8.20. The number of ether oxygens (including phenoxy) is 1. The van der Waals surface area contributed by atoms with Gasteiger partial charge in [-0.25, -0.2) is 0 Å². The van der Waals surface area contributed by atoms with Crippen LogP contribution >= 0.6 is 0 Å². The Morgan fingerprint density at radius 1 is 1.22 bits per heavy atom. The minimum Gasteiger partial charge on any atom is -0.490 e. The van der Waals surface area contributed by atoms with Gasteiger partial charge >= 0.3 is 0 Å². The van der Waals surface area contributed by atoms with E-state index in [-0.39, 0.29) is 5.57 Å². The molecule has 4 nitrogen and oxygen atoms in total. The van der Waals surface area contributed by atoms with Gasteiger partial charge in [-0.1, -0.05) is 43.0 Å². The van der Waals surface area contributed by atoms with Crippen molar-refractivity contribution in [1.82, 2.24) is 0 Å². The first-order valence-electron chi connectivity index (χ1n) is 7.05. The van der Waals surface area contributed by atoms with Crippen LogP contribution in [-0.2, 0) is 4.79 Å². The first-order valence-corrected chi connectivity index (χ1v) is 7.05. The summed E-state index contributed by atoms with van der Waals surface area (Å²) in [5, 5.41) is 11.9. The Balaban J connectivity index is 2.16. The quantitative estimate of drug-likeness (QED) is 0.501. The molecular formula is C19H16N2O2. The van der Waals surface area contributed by atoms with E-state index in [1.807, 2.05) is 24.3 Å². The van der Waals surface area contributed by atoms with Gasteiger partial charge in [0.2, 0.25) is 0 Å². The van der Waals surface area contributed by atoms with Crippen molar-refractivity contribution in [2.45, 2.75) is 0 Å². The predicted octanol–water partition coefficient (Wildman–Crippen LogP) is 3.80. The number of carbonyl (C=O) groups excluding carboxylic acids is 1. The zero-order chi connectivity index (χ0) is 16.5. The Morgan fingerprint density at radius 2 is 2.00 bits per heavy atom. The summed E-state index contributed by atoms with van der Waals surface area (Å²) >= 11 is 0. The Labute approximate surface area is 135 Å². The molecule has 0 saturated carbocycles. The van der Waals surface area contributed by atoms with Crippen molar-refractivity contribution in [2.75, 3.05) is 11.9 Å². The summed E-state index contributed by atoms with van der Waals surface area (Å²) in [6.07, 6.45) is 3.18. The summed E-state index contributed by atoms with van der Waals surface area (Å²) in [4.78, 5) is 12.2. The lowest BCUT2D eigenvalue weighted by Crippen LogP contribution is -2.13. The third-order valence-electron chi connectivity index (χ3n) is 2.93. The molecule has 114 valence electrons.